The first-order chi connectivity index (χ1) is 9.84. The van der Waals surface area contributed by atoms with E-state index in [-0.39, 0.29) is 11.8 Å². The Morgan fingerprint density at radius 2 is 1.70 bits per heavy atom. The van der Waals surface area contributed by atoms with Crippen molar-refractivity contribution in [3.63, 3.8) is 0 Å². The van der Waals surface area contributed by atoms with Gasteiger partial charge in [0.2, 0.25) is 5.91 Å². The third-order valence-electron chi connectivity index (χ3n) is 3.54. The van der Waals surface area contributed by atoms with E-state index >= 15 is 0 Å². The summed E-state index contributed by atoms with van der Waals surface area (Å²) in [4.78, 5) is 12.0. The van der Waals surface area contributed by atoms with E-state index in [1.165, 1.54) is 5.56 Å². The minimum absolute atomic E-state index is 0.00559. The van der Waals surface area contributed by atoms with Gasteiger partial charge in [-0.2, -0.15) is 5.10 Å². The topological polar surface area (TPSA) is 41.5 Å². The molecular formula is C17H16N2O. The fraction of sp³-hybridized carbons (Fsp3) is 0.176. The van der Waals surface area contributed by atoms with Crippen LogP contribution in [0.25, 0.3) is 0 Å². The van der Waals surface area contributed by atoms with Crippen molar-refractivity contribution in [2.75, 3.05) is 0 Å². The summed E-state index contributed by atoms with van der Waals surface area (Å²) < 4.78 is 0. The molecule has 2 unspecified atom stereocenters. The average Bonchev–Trinajstić information content (AvgIpc) is 3.30. The maximum atomic E-state index is 12.0. The molecule has 1 saturated carbocycles. The predicted molar refractivity (Wildman–Crippen MR) is 79.5 cm³/mol. The first-order valence-electron chi connectivity index (χ1n) is 6.77. The highest BCUT2D eigenvalue weighted by molar-refractivity contribution is 5.85. The lowest BCUT2D eigenvalue weighted by Gasteiger charge is -2.00. The number of hydrogen-bond donors (Lipinski definition) is 1. The van der Waals surface area contributed by atoms with E-state index in [1.807, 2.05) is 48.5 Å². The Morgan fingerprint density at radius 3 is 2.40 bits per heavy atom. The summed E-state index contributed by atoms with van der Waals surface area (Å²) in [7, 11) is 0. The molecule has 2 atom stereocenters. The van der Waals surface area contributed by atoms with E-state index < -0.39 is 0 Å². The molecule has 100 valence electrons. The number of amides is 1. The zero-order chi connectivity index (χ0) is 13.8. The molecule has 0 radical (unpaired) electrons. The van der Waals surface area contributed by atoms with Gasteiger partial charge in [-0.05, 0) is 23.5 Å². The molecule has 3 heteroatoms. The molecular weight excluding hydrogens is 248 g/mol. The predicted octanol–water partition coefficient (Wildman–Crippen LogP) is 2.94. The molecule has 3 rings (SSSR count). The van der Waals surface area contributed by atoms with Crippen molar-refractivity contribution in [3.8, 4) is 0 Å². The molecule has 3 nitrogen and oxygen atoms in total. The third kappa shape index (κ3) is 2.94. The van der Waals surface area contributed by atoms with Crippen molar-refractivity contribution in [1.29, 1.82) is 0 Å². The molecule has 1 aliphatic rings. The van der Waals surface area contributed by atoms with E-state index in [4.69, 9.17) is 0 Å². The van der Waals surface area contributed by atoms with Crippen LogP contribution < -0.4 is 5.43 Å². The lowest BCUT2D eigenvalue weighted by Crippen LogP contribution is -2.20. The van der Waals surface area contributed by atoms with Crippen LogP contribution >= 0.6 is 0 Å². The Labute approximate surface area is 118 Å². The van der Waals surface area contributed by atoms with Crippen LogP contribution in [0, 0.1) is 5.92 Å². The van der Waals surface area contributed by atoms with Gasteiger partial charge in [0.15, 0.2) is 0 Å². The van der Waals surface area contributed by atoms with Crippen molar-refractivity contribution < 1.29 is 4.79 Å². The summed E-state index contributed by atoms with van der Waals surface area (Å²) in [5.41, 5.74) is 4.83. The molecule has 0 spiro atoms. The van der Waals surface area contributed by atoms with Gasteiger partial charge in [-0.3, -0.25) is 4.79 Å². The maximum absolute atomic E-state index is 12.0. The first kappa shape index (κ1) is 12.6. The van der Waals surface area contributed by atoms with Gasteiger partial charge >= 0.3 is 0 Å². The van der Waals surface area contributed by atoms with Crippen LogP contribution in [0.2, 0.25) is 0 Å². The van der Waals surface area contributed by atoms with E-state index in [2.05, 4.69) is 22.7 Å². The lowest BCUT2D eigenvalue weighted by molar-refractivity contribution is -0.122. The van der Waals surface area contributed by atoms with Crippen LogP contribution in [-0.4, -0.2) is 12.1 Å². The quantitative estimate of drug-likeness (QED) is 0.669. The van der Waals surface area contributed by atoms with Gasteiger partial charge in [0, 0.05) is 5.92 Å². The van der Waals surface area contributed by atoms with Gasteiger partial charge in [0.1, 0.15) is 0 Å². The zero-order valence-corrected chi connectivity index (χ0v) is 11.1. The number of nitrogens with one attached hydrogen (secondary N) is 1. The number of rotatable bonds is 4. The summed E-state index contributed by atoms with van der Waals surface area (Å²) in [6.45, 7) is 0. The molecule has 2 aromatic rings. The molecule has 0 heterocycles. The number of hydrazone groups is 1. The molecule has 0 aliphatic heterocycles. The molecule has 0 bridgehead atoms. The minimum Gasteiger partial charge on any atom is -0.273 e. The molecule has 1 amide bonds. The summed E-state index contributed by atoms with van der Waals surface area (Å²) in [5, 5.41) is 4.01. The van der Waals surface area contributed by atoms with Crippen LogP contribution in [-0.2, 0) is 4.79 Å². The molecule has 20 heavy (non-hydrogen) atoms. The second-order valence-electron chi connectivity index (χ2n) is 5.00. The van der Waals surface area contributed by atoms with Crippen LogP contribution in [0.4, 0.5) is 0 Å². The second kappa shape index (κ2) is 5.70. The molecule has 1 fully saturated rings. The van der Waals surface area contributed by atoms with Crippen molar-refractivity contribution in [1.82, 2.24) is 5.43 Å². The monoisotopic (exact) mass is 264 g/mol. The highest BCUT2D eigenvalue weighted by atomic mass is 16.2. The van der Waals surface area contributed by atoms with E-state index in [1.54, 1.807) is 6.21 Å². The van der Waals surface area contributed by atoms with E-state index in [9.17, 15) is 4.79 Å². The maximum Gasteiger partial charge on any atom is 0.243 e. The summed E-state index contributed by atoms with van der Waals surface area (Å²) in [6, 6.07) is 19.9. The van der Waals surface area contributed by atoms with Crippen LogP contribution in [0.1, 0.15) is 23.5 Å². The van der Waals surface area contributed by atoms with E-state index in [0.717, 1.165) is 12.0 Å². The van der Waals surface area contributed by atoms with Crippen molar-refractivity contribution in [2.45, 2.75) is 12.3 Å². The highest BCUT2D eigenvalue weighted by Crippen LogP contribution is 2.47. The zero-order valence-electron chi connectivity index (χ0n) is 11.1. The summed E-state index contributed by atoms with van der Waals surface area (Å²) >= 11 is 0. The van der Waals surface area contributed by atoms with Crippen molar-refractivity contribution >= 4 is 12.1 Å². The second-order valence-corrected chi connectivity index (χ2v) is 5.00. The van der Waals surface area contributed by atoms with Gasteiger partial charge in [0.25, 0.3) is 0 Å². The standard InChI is InChI=1S/C17H16N2O/c20-17(19-18-12-13-7-3-1-4-8-13)16-11-15(16)14-9-5-2-6-10-14/h1-10,12,15-16H,11H2,(H,19,20)/b18-12-. The molecule has 0 saturated heterocycles. The minimum atomic E-state index is 0.00559. The Hall–Kier alpha value is -2.42. The normalized spacial score (nSPS) is 20.8. The fourth-order valence-electron chi connectivity index (χ4n) is 2.35. The smallest absolute Gasteiger partial charge is 0.243 e. The van der Waals surface area contributed by atoms with Crippen molar-refractivity contribution in [3.05, 3.63) is 71.8 Å². The van der Waals surface area contributed by atoms with E-state index in [0.29, 0.717) is 5.92 Å². The first-order valence-corrected chi connectivity index (χ1v) is 6.77. The third-order valence-corrected chi connectivity index (χ3v) is 3.54. The largest absolute Gasteiger partial charge is 0.273 e. The Bertz CT molecular complexity index is 607. The number of nitrogens with zero attached hydrogens (tertiary/aromatic N) is 1. The van der Waals surface area contributed by atoms with Gasteiger partial charge in [0.05, 0.1) is 6.21 Å². The van der Waals surface area contributed by atoms with Gasteiger partial charge < -0.3 is 0 Å². The Balaban J connectivity index is 1.53. The molecule has 1 N–H and O–H groups in total. The van der Waals surface area contributed by atoms with Crippen LogP contribution in [0.5, 0.6) is 0 Å². The number of benzene rings is 2. The van der Waals surface area contributed by atoms with Crippen LogP contribution in [0.15, 0.2) is 65.8 Å². The lowest BCUT2D eigenvalue weighted by atomic mass is 10.1. The van der Waals surface area contributed by atoms with Crippen LogP contribution in [0.3, 0.4) is 0 Å². The Morgan fingerprint density at radius 1 is 1.05 bits per heavy atom. The number of carbonyl (C=O) groups is 1. The number of carbonyl (C=O) groups excluding carboxylic acids is 1. The summed E-state index contributed by atoms with van der Waals surface area (Å²) in [6.07, 6.45) is 2.58. The summed E-state index contributed by atoms with van der Waals surface area (Å²) in [5.74, 6) is 0.416. The number of hydrogen-bond acceptors (Lipinski definition) is 2. The Kier molecular flexibility index (Phi) is 3.59. The highest BCUT2D eigenvalue weighted by Gasteiger charge is 2.43. The van der Waals surface area contributed by atoms with Gasteiger partial charge in [-0.25, -0.2) is 5.43 Å². The molecule has 0 aromatic heterocycles. The van der Waals surface area contributed by atoms with Gasteiger partial charge in [-0.15, -0.1) is 0 Å². The fourth-order valence-corrected chi connectivity index (χ4v) is 2.35. The SMILES string of the molecule is O=C(N/N=C\c1ccccc1)C1CC1c1ccccc1. The average molecular weight is 264 g/mol. The molecule has 1 aliphatic carbocycles. The molecule has 2 aromatic carbocycles. The van der Waals surface area contributed by atoms with Crippen molar-refractivity contribution in [2.24, 2.45) is 11.0 Å². The van der Waals surface area contributed by atoms with Gasteiger partial charge in [-0.1, -0.05) is 60.7 Å².